The Balaban J connectivity index is 1.89. The molecule has 1 N–H and O–H groups in total. The van der Waals surface area contributed by atoms with E-state index in [0.717, 1.165) is 14.9 Å². The number of nitrogens with zero attached hydrogens (tertiary/aromatic N) is 1. The van der Waals surface area contributed by atoms with Gasteiger partial charge in [-0.05, 0) is 62.8 Å². The first-order valence-electron chi connectivity index (χ1n) is 6.99. The summed E-state index contributed by atoms with van der Waals surface area (Å²) in [5, 5.41) is 3.67. The first kappa shape index (κ1) is 15.3. The fourth-order valence-electron chi connectivity index (χ4n) is 2.62. The zero-order valence-electron chi connectivity index (χ0n) is 11.6. The van der Waals surface area contributed by atoms with Crippen LogP contribution in [0.15, 0.2) is 27.1 Å². The highest BCUT2D eigenvalue weighted by molar-refractivity contribution is 9.11. The zero-order valence-corrected chi connectivity index (χ0v) is 14.8. The van der Waals surface area contributed by atoms with Gasteiger partial charge >= 0.3 is 0 Å². The summed E-state index contributed by atoms with van der Waals surface area (Å²) in [5.74, 6) is 0.766. The van der Waals surface area contributed by atoms with Gasteiger partial charge in [0.1, 0.15) is 0 Å². The maximum atomic E-state index is 3.67. The van der Waals surface area contributed by atoms with Crippen molar-refractivity contribution < 1.29 is 0 Å². The lowest BCUT2D eigenvalue weighted by molar-refractivity contribution is 0.198. The number of rotatable bonds is 4. The maximum absolute atomic E-state index is 3.67. The second-order valence-electron chi connectivity index (χ2n) is 5.71. The van der Waals surface area contributed by atoms with E-state index in [1.807, 2.05) is 6.07 Å². The van der Waals surface area contributed by atoms with Crippen molar-refractivity contribution in [3.05, 3.63) is 27.1 Å². The second-order valence-corrected chi connectivity index (χ2v) is 7.42. The summed E-state index contributed by atoms with van der Waals surface area (Å²) in [4.78, 5) is 2.58. The Hall–Kier alpha value is -0.0600. The van der Waals surface area contributed by atoms with Crippen molar-refractivity contribution >= 4 is 37.5 Å². The molecule has 0 amide bonds. The highest BCUT2D eigenvalue weighted by atomic mass is 79.9. The number of halogens is 2. The minimum atomic E-state index is 0.582. The molecule has 2 rings (SSSR count). The van der Waals surface area contributed by atoms with Crippen LogP contribution in [0.4, 0.5) is 5.69 Å². The van der Waals surface area contributed by atoms with Crippen LogP contribution >= 0.6 is 31.9 Å². The Morgan fingerprint density at radius 3 is 2.32 bits per heavy atom. The number of anilines is 1. The van der Waals surface area contributed by atoms with Crippen LogP contribution in [-0.2, 0) is 0 Å². The van der Waals surface area contributed by atoms with Gasteiger partial charge in [-0.2, -0.15) is 0 Å². The number of para-hydroxylation sites is 1. The number of hydrogen-bond acceptors (Lipinski definition) is 2. The van der Waals surface area contributed by atoms with Crippen molar-refractivity contribution in [1.82, 2.24) is 4.90 Å². The molecule has 1 aliphatic heterocycles. The molecule has 1 aromatic rings. The molecule has 0 unspecified atom stereocenters. The Kier molecular flexibility index (Phi) is 5.72. The molecule has 1 fully saturated rings. The lowest BCUT2D eigenvalue weighted by Gasteiger charge is -2.34. The van der Waals surface area contributed by atoms with Gasteiger partial charge in [0.2, 0.25) is 0 Å². The third kappa shape index (κ3) is 4.47. The molecule has 0 saturated carbocycles. The van der Waals surface area contributed by atoms with Crippen LogP contribution < -0.4 is 5.32 Å². The lowest BCUT2D eigenvalue weighted by atomic mass is 10.0. The van der Waals surface area contributed by atoms with E-state index in [0.29, 0.717) is 6.04 Å². The first-order chi connectivity index (χ1) is 9.06. The van der Waals surface area contributed by atoms with Gasteiger partial charge in [-0.15, -0.1) is 0 Å². The van der Waals surface area contributed by atoms with Gasteiger partial charge in [0.15, 0.2) is 0 Å². The molecule has 0 aliphatic carbocycles. The molecule has 1 aliphatic rings. The highest BCUT2D eigenvalue weighted by Gasteiger charge is 2.20. The topological polar surface area (TPSA) is 15.3 Å². The molecule has 1 heterocycles. The normalized spacial score (nSPS) is 17.9. The van der Waals surface area contributed by atoms with Gasteiger partial charge < -0.3 is 10.2 Å². The summed E-state index contributed by atoms with van der Waals surface area (Å²) in [6.45, 7) is 8.23. The van der Waals surface area contributed by atoms with Crippen LogP contribution in [0.2, 0.25) is 0 Å². The van der Waals surface area contributed by atoms with Crippen LogP contribution in [0.1, 0.15) is 26.7 Å². The van der Waals surface area contributed by atoms with Crippen molar-refractivity contribution in [2.24, 2.45) is 5.92 Å². The van der Waals surface area contributed by atoms with Gasteiger partial charge in [0.05, 0.1) is 5.69 Å². The van der Waals surface area contributed by atoms with Crippen LogP contribution in [0.3, 0.4) is 0 Å². The lowest BCUT2D eigenvalue weighted by Crippen LogP contribution is -2.40. The fourth-order valence-corrected chi connectivity index (χ4v) is 3.84. The van der Waals surface area contributed by atoms with Gasteiger partial charge in [0, 0.05) is 34.6 Å². The van der Waals surface area contributed by atoms with Gasteiger partial charge in [-0.25, -0.2) is 0 Å². The standard InChI is InChI=1S/C15H22Br2N2/c1-11(2)10-19-8-6-12(7-9-19)18-15-13(16)4-3-5-14(15)17/h3-5,11-12,18H,6-10H2,1-2H3. The average Bonchev–Trinajstić information content (AvgIpc) is 2.35. The summed E-state index contributed by atoms with van der Waals surface area (Å²) < 4.78 is 2.26. The van der Waals surface area contributed by atoms with E-state index >= 15 is 0 Å². The molecular weight excluding hydrogens is 368 g/mol. The van der Waals surface area contributed by atoms with Crippen LogP contribution in [0, 0.1) is 5.92 Å². The molecule has 1 saturated heterocycles. The number of nitrogens with one attached hydrogen (secondary N) is 1. The van der Waals surface area contributed by atoms with Gasteiger partial charge in [-0.3, -0.25) is 0 Å². The van der Waals surface area contributed by atoms with Crippen molar-refractivity contribution in [2.45, 2.75) is 32.7 Å². The predicted octanol–water partition coefficient (Wildman–Crippen LogP) is 4.74. The van der Waals surface area contributed by atoms with E-state index in [-0.39, 0.29) is 0 Å². The van der Waals surface area contributed by atoms with E-state index in [1.54, 1.807) is 0 Å². The summed E-state index contributed by atoms with van der Waals surface area (Å²) in [5.41, 5.74) is 1.19. The maximum Gasteiger partial charge on any atom is 0.0631 e. The van der Waals surface area contributed by atoms with Crippen LogP contribution in [0.25, 0.3) is 0 Å². The molecule has 4 heteroatoms. The van der Waals surface area contributed by atoms with Crippen molar-refractivity contribution in [3.63, 3.8) is 0 Å². The number of benzene rings is 1. The van der Waals surface area contributed by atoms with E-state index < -0.39 is 0 Å². The molecule has 19 heavy (non-hydrogen) atoms. The summed E-state index contributed by atoms with van der Waals surface area (Å²) in [6.07, 6.45) is 2.45. The quantitative estimate of drug-likeness (QED) is 0.799. The SMILES string of the molecule is CC(C)CN1CCC(Nc2c(Br)cccc2Br)CC1. The number of likely N-dealkylation sites (tertiary alicyclic amines) is 1. The molecule has 1 aromatic carbocycles. The molecule has 0 radical (unpaired) electrons. The Morgan fingerprint density at radius 2 is 1.79 bits per heavy atom. The van der Waals surface area contributed by atoms with E-state index in [2.05, 4.69) is 68.1 Å². The molecule has 106 valence electrons. The third-order valence-electron chi connectivity index (χ3n) is 3.52. The zero-order chi connectivity index (χ0) is 13.8. The smallest absolute Gasteiger partial charge is 0.0631 e. The molecule has 0 spiro atoms. The summed E-state index contributed by atoms with van der Waals surface area (Å²) >= 11 is 7.23. The predicted molar refractivity (Wildman–Crippen MR) is 89.8 cm³/mol. The molecule has 2 nitrogen and oxygen atoms in total. The van der Waals surface area contributed by atoms with E-state index in [1.165, 1.54) is 38.2 Å². The fraction of sp³-hybridized carbons (Fsp3) is 0.600. The summed E-state index contributed by atoms with van der Waals surface area (Å²) in [6, 6.07) is 6.80. The Bertz CT molecular complexity index is 392. The minimum Gasteiger partial charge on any atom is -0.380 e. The van der Waals surface area contributed by atoms with Gasteiger partial charge in [0.25, 0.3) is 0 Å². The highest BCUT2D eigenvalue weighted by Crippen LogP contribution is 2.32. The Labute approximate surface area is 133 Å². The molecule has 0 bridgehead atoms. The minimum absolute atomic E-state index is 0.582. The van der Waals surface area contributed by atoms with Crippen LogP contribution in [0.5, 0.6) is 0 Å². The van der Waals surface area contributed by atoms with E-state index in [9.17, 15) is 0 Å². The second kappa shape index (κ2) is 7.09. The first-order valence-corrected chi connectivity index (χ1v) is 8.57. The molecule has 0 aromatic heterocycles. The number of piperidine rings is 1. The molecule has 0 atom stereocenters. The van der Waals surface area contributed by atoms with Crippen molar-refractivity contribution in [3.8, 4) is 0 Å². The van der Waals surface area contributed by atoms with Crippen molar-refractivity contribution in [2.75, 3.05) is 25.0 Å². The monoisotopic (exact) mass is 388 g/mol. The average molecular weight is 390 g/mol. The molecular formula is C15H22Br2N2. The largest absolute Gasteiger partial charge is 0.380 e. The Morgan fingerprint density at radius 1 is 1.21 bits per heavy atom. The van der Waals surface area contributed by atoms with E-state index in [4.69, 9.17) is 0 Å². The third-order valence-corrected chi connectivity index (χ3v) is 4.84. The van der Waals surface area contributed by atoms with Crippen LogP contribution in [-0.4, -0.2) is 30.6 Å². The van der Waals surface area contributed by atoms with Gasteiger partial charge in [-0.1, -0.05) is 19.9 Å². The van der Waals surface area contributed by atoms with Crippen molar-refractivity contribution in [1.29, 1.82) is 0 Å². The summed E-state index contributed by atoms with van der Waals surface area (Å²) in [7, 11) is 0. The number of hydrogen-bond donors (Lipinski definition) is 1.